The van der Waals surface area contributed by atoms with E-state index >= 15 is 0 Å². The predicted octanol–water partition coefficient (Wildman–Crippen LogP) is 2.59. The van der Waals surface area contributed by atoms with Gasteiger partial charge in [-0.1, -0.05) is 29.8 Å². The van der Waals surface area contributed by atoms with E-state index < -0.39 is 24.5 Å². The number of benzene rings is 1. The van der Waals surface area contributed by atoms with Crippen LogP contribution in [0.2, 0.25) is 0 Å². The highest BCUT2D eigenvalue weighted by Gasteiger charge is 2.24. The van der Waals surface area contributed by atoms with Crippen molar-refractivity contribution in [1.82, 2.24) is 10.3 Å². The molecule has 7 nitrogen and oxygen atoms in total. The predicted molar refractivity (Wildman–Crippen MR) is 99.5 cm³/mol. The molecule has 0 bridgehead atoms. The first-order valence-electron chi connectivity index (χ1n) is 8.69. The van der Waals surface area contributed by atoms with Crippen molar-refractivity contribution in [2.75, 3.05) is 13.2 Å². The van der Waals surface area contributed by atoms with Gasteiger partial charge in [0.05, 0.1) is 12.2 Å². The van der Waals surface area contributed by atoms with E-state index in [2.05, 4.69) is 10.3 Å². The van der Waals surface area contributed by atoms with Crippen molar-refractivity contribution >= 4 is 17.8 Å². The number of aromatic nitrogens is 1. The summed E-state index contributed by atoms with van der Waals surface area (Å²) in [5, 5.41) is 2.70. The molecule has 0 saturated carbocycles. The Morgan fingerprint density at radius 2 is 1.67 bits per heavy atom. The molecule has 1 heterocycles. The molecule has 1 amide bonds. The number of aromatic amines is 1. The monoisotopic (exact) mass is 372 g/mol. The van der Waals surface area contributed by atoms with Gasteiger partial charge < -0.3 is 19.8 Å². The Morgan fingerprint density at radius 1 is 1.00 bits per heavy atom. The SMILES string of the molecule is CCOC(=O)c1[nH]c(C)c(C(=O)OCC(=O)NCc2ccc(C)cc2)c1C. The molecule has 27 heavy (non-hydrogen) atoms. The third kappa shape index (κ3) is 5.20. The maximum absolute atomic E-state index is 12.3. The van der Waals surface area contributed by atoms with E-state index in [4.69, 9.17) is 9.47 Å². The Hall–Kier alpha value is -3.09. The molecule has 0 aliphatic rings. The largest absolute Gasteiger partial charge is 0.461 e. The second-order valence-electron chi connectivity index (χ2n) is 6.18. The normalized spacial score (nSPS) is 10.4. The van der Waals surface area contributed by atoms with Crippen LogP contribution in [0.4, 0.5) is 0 Å². The molecular weight excluding hydrogens is 348 g/mol. The molecule has 1 aromatic heterocycles. The molecule has 0 unspecified atom stereocenters. The summed E-state index contributed by atoms with van der Waals surface area (Å²) < 4.78 is 10.0. The van der Waals surface area contributed by atoms with Crippen LogP contribution in [0.1, 0.15) is 50.2 Å². The molecule has 2 N–H and O–H groups in total. The van der Waals surface area contributed by atoms with Crippen molar-refractivity contribution in [3.63, 3.8) is 0 Å². The van der Waals surface area contributed by atoms with E-state index in [1.807, 2.05) is 31.2 Å². The molecule has 1 aromatic carbocycles. The van der Waals surface area contributed by atoms with Crippen molar-refractivity contribution in [2.24, 2.45) is 0 Å². The highest BCUT2D eigenvalue weighted by molar-refractivity contribution is 5.99. The van der Waals surface area contributed by atoms with Gasteiger partial charge in [0, 0.05) is 12.2 Å². The first-order chi connectivity index (χ1) is 12.8. The van der Waals surface area contributed by atoms with Crippen LogP contribution < -0.4 is 5.32 Å². The molecule has 144 valence electrons. The molecule has 2 rings (SSSR count). The first kappa shape index (κ1) is 20.2. The van der Waals surface area contributed by atoms with Crippen molar-refractivity contribution in [3.8, 4) is 0 Å². The summed E-state index contributed by atoms with van der Waals surface area (Å²) in [4.78, 5) is 39.0. The molecule has 0 fully saturated rings. The number of hydrogen-bond donors (Lipinski definition) is 2. The zero-order chi connectivity index (χ0) is 20.0. The fourth-order valence-corrected chi connectivity index (χ4v) is 2.62. The third-order valence-corrected chi connectivity index (χ3v) is 4.07. The van der Waals surface area contributed by atoms with E-state index in [-0.39, 0.29) is 17.9 Å². The number of esters is 2. The molecule has 0 saturated heterocycles. The van der Waals surface area contributed by atoms with E-state index in [0.29, 0.717) is 17.8 Å². The topological polar surface area (TPSA) is 97.5 Å². The van der Waals surface area contributed by atoms with Crippen LogP contribution >= 0.6 is 0 Å². The van der Waals surface area contributed by atoms with Crippen LogP contribution in [0, 0.1) is 20.8 Å². The van der Waals surface area contributed by atoms with Gasteiger partial charge in [-0.3, -0.25) is 4.79 Å². The first-order valence-corrected chi connectivity index (χ1v) is 8.69. The lowest BCUT2D eigenvalue weighted by Crippen LogP contribution is -2.28. The number of rotatable bonds is 7. The smallest absolute Gasteiger partial charge is 0.355 e. The van der Waals surface area contributed by atoms with E-state index in [9.17, 15) is 14.4 Å². The zero-order valence-electron chi connectivity index (χ0n) is 16.0. The number of nitrogens with one attached hydrogen (secondary N) is 2. The molecule has 0 aliphatic carbocycles. The minimum atomic E-state index is -0.665. The van der Waals surface area contributed by atoms with E-state index in [1.54, 1.807) is 20.8 Å². The number of amides is 1. The van der Waals surface area contributed by atoms with Gasteiger partial charge in [-0.2, -0.15) is 0 Å². The second-order valence-corrected chi connectivity index (χ2v) is 6.18. The van der Waals surface area contributed by atoms with Gasteiger partial charge in [0.25, 0.3) is 5.91 Å². The minimum absolute atomic E-state index is 0.213. The lowest BCUT2D eigenvalue weighted by atomic mass is 10.1. The lowest BCUT2D eigenvalue weighted by molar-refractivity contribution is -0.124. The fraction of sp³-hybridized carbons (Fsp3) is 0.350. The van der Waals surface area contributed by atoms with Gasteiger partial charge in [-0.25, -0.2) is 9.59 Å². The fourth-order valence-electron chi connectivity index (χ4n) is 2.62. The quantitative estimate of drug-likeness (QED) is 0.728. The molecule has 0 radical (unpaired) electrons. The summed E-state index contributed by atoms with van der Waals surface area (Å²) in [7, 11) is 0. The zero-order valence-corrected chi connectivity index (χ0v) is 16.0. The lowest BCUT2D eigenvalue weighted by Gasteiger charge is -2.07. The standard InChI is InChI=1S/C20H24N2O5/c1-5-26-20(25)18-13(3)17(14(4)22-18)19(24)27-11-16(23)21-10-15-8-6-12(2)7-9-15/h6-9,22H,5,10-11H2,1-4H3,(H,21,23). The Kier molecular flexibility index (Phi) is 6.76. The number of carbonyl (C=O) groups is 3. The second kappa shape index (κ2) is 9.02. The summed E-state index contributed by atoms with van der Waals surface area (Å²) in [6.45, 7) is 7.16. The van der Waals surface area contributed by atoms with Gasteiger partial charge in [0.1, 0.15) is 5.69 Å². The molecular formula is C20H24N2O5. The van der Waals surface area contributed by atoms with Crippen molar-refractivity contribution in [2.45, 2.75) is 34.2 Å². The van der Waals surface area contributed by atoms with Gasteiger partial charge >= 0.3 is 11.9 Å². The van der Waals surface area contributed by atoms with Crippen molar-refractivity contribution in [3.05, 3.63) is 57.9 Å². The number of H-pyrrole nitrogens is 1. The highest BCUT2D eigenvalue weighted by atomic mass is 16.5. The third-order valence-electron chi connectivity index (χ3n) is 4.07. The molecule has 0 spiro atoms. The van der Waals surface area contributed by atoms with Crippen LogP contribution in [0.5, 0.6) is 0 Å². The molecule has 0 aliphatic heterocycles. The van der Waals surface area contributed by atoms with Crippen LogP contribution in [-0.2, 0) is 20.8 Å². The molecule has 2 aromatic rings. The Labute approximate surface area is 158 Å². The van der Waals surface area contributed by atoms with Crippen LogP contribution in [0.3, 0.4) is 0 Å². The number of aryl methyl sites for hydroxylation is 2. The maximum atomic E-state index is 12.3. The number of carbonyl (C=O) groups excluding carboxylic acids is 3. The van der Waals surface area contributed by atoms with Crippen molar-refractivity contribution in [1.29, 1.82) is 0 Å². The average molecular weight is 372 g/mol. The van der Waals surface area contributed by atoms with Gasteiger partial charge in [0.15, 0.2) is 6.61 Å². The molecule has 7 heteroatoms. The Morgan fingerprint density at radius 3 is 2.30 bits per heavy atom. The van der Waals surface area contributed by atoms with Crippen LogP contribution in [0.25, 0.3) is 0 Å². The van der Waals surface area contributed by atoms with Gasteiger partial charge in [-0.15, -0.1) is 0 Å². The van der Waals surface area contributed by atoms with Crippen LogP contribution in [-0.4, -0.2) is 36.0 Å². The van der Waals surface area contributed by atoms with Gasteiger partial charge in [0.2, 0.25) is 0 Å². The van der Waals surface area contributed by atoms with E-state index in [1.165, 1.54) is 0 Å². The summed E-state index contributed by atoms with van der Waals surface area (Å²) >= 11 is 0. The number of hydrogen-bond acceptors (Lipinski definition) is 5. The highest BCUT2D eigenvalue weighted by Crippen LogP contribution is 2.19. The van der Waals surface area contributed by atoms with Crippen molar-refractivity contribution < 1.29 is 23.9 Å². The summed E-state index contributed by atoms with van der Waals surface area (Å²) in [6.07, 6.45) is 0. The summed E-state index contributed by atoms with van der Waals surface area (Å²) in [5.41, 5.74) is 3.47. The number of ether oxygens (including phenoxy) is 2. The van der Waals surface area contributed by atoms with E-state index in [0.717, 1.165) is 11.1 Å². The minimum Gasteiger partial charge on any atom is -0.461 e. The molecule has 0 atom stereocenters. The average Bonchev–Trinajstić information content (AvgIpc) is 2.94. The summed E-state index contributed by atoms with van der Waals surface area (Å²) in [5.74, 6) is -1.60. The maximum Gasteiger partial charge on any atom is 0.355 e. The Bertz CT molecular complexity index is 837. The van der Waals surface area contributed by atoms with Crippen LogP contribution in [0.15, 0.2) is 24.3 Å². The Balaban J connectivity index is 1.92. The summed E-state index contributed by atoms with van der Waals surface area (Å²) in [6, 6.07) is 7.76. The van der Waals surface area contributed by atoms with Gasteiger partial charge in [-0.05, 0) is 38.8 Å².